The van der Waals surface area contributed by atoms with E-state index in [2.05, 4.69) is 22.8 Å². The van der Waals surface area contributed by atoms with Gasteiger partial charge in [0.2, 0.25) is 0 Å². The molecule has 2 aromatic carbocycles. The minimum Gasteiger partial charge on any atom is -0.338 e. The van der Waals surface area contributed by atoms with Crippen molar-refractivity contribution in [3.63, 3.8) is 0 Å². The SMILES string of the molecule is CON(C)S(=O)(=O)c1ccc(NC(=O)NCCCSc2ccccc2)cc1. The van der Waals surface area contributed by atoms with Crippen LogP contribution in [0.15, 0.2) is 64.4 Å². The Balaban J connectivity index is 1.74. The third-order valence-corrected chi connectivity index (χ3v) is 6.42. The summed E-state index contributed by atoms with van der Waals surface area (Å²) in [7, 11) is -1.11. The van der Waals surface area contributed by atoms with Crippen LogP contribution in [0.2, 0.25) is 0 Å². The van der Waals surface area contributed by atoms with E-state index in [0.717, 1.165) is 16.6 Å². The predicted molar refractivity (Wildman–Crippen MR) is 107 cm³/mol. The Morgan fingerprint density at radius 1 is 1.11 bits per heavy atom. The number of carbonyl (C=O) groups is 1. The molecule has 0 heterocycles. The van der Waals surface area contributed by atoms with Crippen LogP contribution in [0.4, 0.5) is 10.5 Å². The highest BCUT2D eigenvalue weighted by molar-refractivity contribution is 7.99. The standard InChI is InChI=1S/C18H23N3O4S2/c1-21(25-2)27(23,24)17-11-9-15(10-12-17)20-18(22)19-13-6-14-26-16-7-4-3-5-8-16/h3-5,7-12H,6,13-14H2,1-2H3,(H2,19,20,22). The number of nitrogens with one attached hydrogen (secondary N) is 2. The van der Waals surface area contributed by atoms with E-state index < -0.39 is 10.0 Å². The number of nitrogens with zero attached hydrogens (tertiary/aromatic N) is 1. The van der Waals surface area contributed by atoms with Crippen molar-refractivity contribution >= 4 is 33.5 Å². The average molecular weight is 410 g/mol. The summed E-state index contributed by atoms with van der Waals surface area (Å²) in [5.41, 5.74) is 0.505. The normalized spacial score (nSPS) is 11.4. The van der Waals surface area contributed by atoms with Crippen LogP contribution in [-0.2, 0) is 14.9 Å². The number of carbonyl (C=O) groups excluding carboxylic acids is 1. The van der Waals surface area contributed by atoms with Crippen LogP contribution in [-0.4, -0.2) is 45.4 Å². The lowest BCUT2D eigenvalue weighted by Gasteiger charge is -2.14. The number of amides is 2. The van der Waals surface area contributed by atoms with Crippen molar-refractivity contribution < 1.29 is 18.0 Å². The Hall–Kier alpha value is -2.07. The zero-order valence-corrected chi connectivity index (χ0v) is 16.8. The summed E-state index contributed by atoms with van der Waals surface area (Å²) in [5, 5.41) is 5.46. The van der Waals surface area contributed by atoms with Crippen LogP contribution in [0.3, 0.4) is 0 Å². The number of benzene rings is 2. The molecule has 0 spiro atoms. The first kappa shape index (κ1) is 21.2. The fraction of sp³-hybridized carbons (Fsp3) is 0.278. The van der Waals surface area contributed by atoms with Gasteiger partial charge in [-0.25, -0.2) is 13.2 Å². The molecule has 0 aromatic heterocycles. The lowest BCUT2D eigenvalue weighted by Crippen LogP contribution is -2.29. The Morgan fingerprint density at radius 2 is 1.78 bits per heavy atom. The first-order chi connectivity index (χ1) is 12.9. The van der Waals surface area contributed by atoms with E-state index in [1.165, 1.54) is 43.3 Å². The molecule has 27 heavy (non-hydrogen) atoms. The predicted octanol–water partition coefficient (Wildman–Crippen LogP) is 3.17. The van der Waals surface area contributed by atoms with Crippen molar-refractivity contribution in [3.8, 4) is 0 Å². The highest BCUT2D eigenvalue weighted by atomic mass is 32.2. The third kappa shape index (κ3) is 6.55. The van der Waals surface area contributed by atoms with Gasteiger partial charge < -0.3 is 10.6 Å². The first-order valence-electron chi connectivity index (χ1n) is 8.29. The van der Waals surface area contributed by atoms with Gasteiger partial charge in [-0.15, -0.1) is 11.8 Å². The van der Waals surface area contributed by atoms with Gasteiger partial charge >= 0.3 is 6.03 Å². The molecule has 0 unspecified atom stereocenters. The highest BCUT2D eigenvalue weighted by Gasteiger charge is 2.20. The van der Waals surface area contributed by atoms with Gasteiger partial charge in [0, 0.05) is 24.2 Å². The molecular formula is C18H23N3O4S2. The number of urea groups is 1. The molecule has 7 nitrogen and oxygen atoms in total. The number of anilines is 1. The van der Waals surface area contributed by atoms with Gasteiger partial charge in [0.15, 0.2) is 0 Å². The fourth-order valence-electron chi connectivity index (χ4n) is 2.11. The second-order valence-corrected chi connectivity index (χ2v) is 8.62. The van der Waals surface area contributed by atoms with E-state index in [1.807, 2.05) is 18.2 Å². The van der Waals surface area contributed by atoms with Crippen LogP contribution in [0.5, 0.6) is 0 Å². The van der Waals surface area contributed by atoms with E-state index in [-0.39, 0.29) is 10.9 Å². The summed E-state index contributed by atoms with van der Waals surface area (Å²) in [6.07, 6.45) is 0.841. The summed E-state index contributed by atoms with van der Waals surface area (Å²) < 4.78 is 25.0. The molecule has 0 fully saturated rings. The molecular weight excluding hydrogens is 386 g/mol. The molecule has 2 amide bonds. The average Bonchev–Trinajstić information content (AvgIpc) is 2.68. The topological polar surface area (TPSA) is 87.7 Å². The number of rotatable bonds is 9. The van der Waals surface area contributed by atoms with Crippen molar-refractivity contribution in [3.05, 3.63) is 54.6 Å². The zero-order chi connectivity index (χ0) is 19.7. The molecule has 0 atom stereocenters. The lowest BCUT2D eigenvalue weighted by molar-refractivity contribution is -0.0258. The van der Waals surface area contributed by atoms with Gasteiger partial charge in [-0.05, 0) is 48.6 Å². The Morgan fingerprint density at radius 3 is 2.41 bits per heavy atom. The van der Waals surface area contributed by atoms with Crippen molar-refractivity contribution in [2.24, 2.45) is 0 Å². The molecule has 0 aliphatic carbocycles. The minimum atomic E-state index is -3.70. The van der Waals surface area contributed by atoms with Crippen molar-refractivity contribution in [2.45, 2.75) is 16.2 Å². The number of hydrogen-bond donors (Lipinski definition) is 2. The molecule has 0 aliphatic rings. The second-order valence-electron chi connectivity index (χ2n) is 5.52. The monoisotopic (exact) mass is 409 g/mol. The van der Waals surface area contributed by atoms with Gasteiger partial charge in [-0.1, -0.05) is 22.7 Å². The van der Waals surface area contributed by atoms with Gasteiger partial charge in [0.25, 0.3) is 10.0 Å². The van der Waals surface area contributed by atoms with Gasteiger partial charge in [-0.2, -0.15) is 0 Å². The first-order valence-corrected chi connectivity index (χ1v) is 10.7. The van der Waals surface area contributed by atoms with Crippen molar-refractivity contribution in [1.82, 2.24) is 9.79 Å². The van der Waals surface area contributed by atoms with Gasteiger partial charge in [-0.3, -0.25) is 4.84 Å². The Labute approximate surface area is 164 Å². The molecule has 0 saturated heterocycles. The number of thioether (sulfide) groups is 1. The second kappa shape index (κ2) is 10.3. The third-order valence-electron chi connectivity index (χ3n) is 3.62. The van der Waals surface area contributed by atoms with E-state index in [4.69, 9.17) is 4.84 Å². The number of sulfonamides is 1. The lowest BCUT2D eigenvalue weighted by atomic mass is 10.3. The maximum absolute atomic E-state index is 12.1. The summed E-state index contributed by atoms with van der Waals surface area (Å²) in [5.74, 6) is 0.907. The summed E-state index contributed by atoms with van der Waals surface area (Å²) in [6.45, 7) is 0.552. The molecule has 9 heteroatoms. The summed E-state index contributed by atoms with van der Waals surface area (Å²) in [6, 6.07) is 15.6. The van der Waals surface area contributed by atoms with E-state index in [1.54, 1.807) is 11.8 Å². The summed E-state index contributed by atoms with van der Waals surface area (Å²) >= 11 is 1.74. The maximum atomic E-state index is 12.1. The fourth-order valence-corrected chi connectivity index (χ4v) is 3.96. The summed E-state index contributed by atoms with van der Waals surface area (Å²) in [4.78, 5) is 17.9. The minimum absolute atomic E-state index is 0.0794. The molecule has 2 aromatic rings. The molecule has 2 N–H and O–H groups in total. The van der Waals surface area contributed by atoms with Crippen LogP contribution >= 0.6 is 11.8 Å². The maximum Gasteiger partial charge on any atom is 0.319 e. The molecule has 146 valence electrons. The van der Waals surface area contributed by atoms with Crippen molar-refractivity contribution in [1.29, 1.82) is 0 Å². The van der Waals surface area contributed by atoms with Crippen LogP contribution in [0.25, 0.3) is 0 Å². The van der Waals surface area contributed by atoms with Crippen LogP contribution < -0.4 is 10.6 Å². The Bertz CT molecular complexity index is 827. The molecule has 0 radical (unpaired) electrons. The van der Waals surface area contributed by atoms with Gasteiger partial charge in [0.1, 0.15) is 0 Å². The van der Waals surface area contributed by atoms with Gasteiger partial charge in [0.05, 0.1) is 12.0 Å². The number of hydrogen-bond acceptors (Lipinski definition) is 5. The van der Waals surface area contributed by atoms with Crippen LogP contribution in [0.1, 0.15) is 6.42 Å². The van der Waals surface area contributed by atoms with E-state index in [9.17, 15) is 13.2 Å². The smallest absolute Gasteiger partial charge is 0.319 e. The quantitative estimate of drug-likeness (QED) is 0.377. The van der Waals surface area contributed by atoms with E-state index >= 15 is 0 Å². The zero-order valence-electron chi connectivity index (χ0n) is 15.2. The van der Waals surface area contributed by atoms with E-state index in [0.29, 0.717) is 12.2 Å². The van der Waals surface area contributed by atoms with Crippen molar-refractivity contribution in [2.75, 3.05) is 31.8 Å². The molecule has 0 saturated carbocycles. The Kier molecular flexibility index (Phi) is 8.11. The largest absolute Gasteiger partial charge is 0.338 e. The molecule has 0 aliphatic heterocycles. The van der Waals surface area contributed by atoms with Crippen LogP contribution in [0, 0.1) is 0 Å². The molecule has 0 bridgehead atoms. The molecule has 2 rings (SSSR count). The number of hydroxylamine groups is 1. The highest BCUT2D eigenvalue weighted by Crippen LogP contribution is 2.18.